The Labute approximate surface area is 199 Å². The highest BCUT2D eigenvalue weighted by Gasteiger charge is 2.51. The number of hydrogen-bond donors (Lipinski definition) is 4. The van der Waals surface area contributed by atoms with Gasteiger partial charge in [0.25, 0.3) is 5.56 Å². The van der Waals surface area contributed by atoms with Gasteiger partial charge in [-0.15, -0.1) is 0 Å². The molecule has 0 spiro atoms. The van der Waals surface area contributed by atoms with Gasteiger partial charge >= 0.3 is 6.03 Å². The Morgan fingerprint density at radius 3 is 2.47 bits per heavy atom. The monoisotopic (exact) mass is 463 g/mol. The first kappa shape index (κ1) is 22.6. The third-order valence-corrected chi connectivity index (χ3v) is 7.63. The number of benzene rings is 1. The summed E-state index contributed by atoms with van der Waals surface area (Å²) in [5, 5.41) is 9.00. The minimum atomic E-state index is -0.200. The van der Waals surface area contributed by atoms with Gasteiger partial charge in [0.15, 0.2) is 0 Å². The summed E-state index contributed by atoms with van der Waals surface area (Å²) in [7, 11) is 0. The summed E-state index contributed by atoms with van der Waals surface area (Å²) in [6.07, 6.45) is 8.15. The van der Waals surface area contributed by atoms with Crippen molar-refractivity contribution in [1.82, 2.24) is 20.6 Å². The molecule has 180 valence electrons. The molecule has 8 heteroatoms. The Morgan fingerprint density at radius 1 is 1.09 bits per heavy atom. The Bertz CT molecular complexity index is 1110. The lowest BCUT2D eigenvalue weighted by Gasteiger charge is -2.56. The molecular formula is C26H33N5O3. The van der Waals surface area contributed by atoms with Crippen LogP contribution in [0.1, 0.15) is 57.6 Å². The van der Waals surface area contributed by atoms with E-state index in [1.807, 2.05) is 13.0 Å². The number of urea groups is 1. The number of rotatable bonds is 7. The van der Waals surface area contributed by atoms with Crippen molar-refractivity contribution in [3.8, 4) is 11.4 Å². The van der Waals surface area contributed by atoms with Crippen molar-refractivity contribution in [1.29, 1.82) is 0 Å². The molecule has 4 aliphatic rings. The summed E-state index contributed by atoms with van der Waals surface area (Å²) in [6.45, 7) is 2.22. The van der Waals surface area contributed by atoms with E-state index in [-0.39, 0.29) is 36.0 Å². The smallest absolute Gasteiger partial charge is 0.315 e. The number of aromatic nitrogens is 2. The summed E-state index contributed by atoms with van der Waals surface area (Å²) in [6, 6.07) is 8.54. The van der Waals surface area contributed by atoms with Gasteiger partial charge in [0.05, 0.1) is 0 Å². The second-order valence-corrected chi connectivity index (χ2v) is 10.4. The zero-order chi connectivity index (χ0) is 23.7. The molecule has 8 nitrogen and oxygen atoms in total. The zero-order valence-corrected chi connectivity index (χ0v) is 19.7. The van der Waals surface area contributed by atoms with E-state index in [0.717, 1.165) is 42.6 Å². The van der Waals surface area contributed by atoms with Crippen LogP contribution >= 0.6 is 0 Å². The molecule has 4 aliphatic carbocycles. The number of H-pyrrole nitrogens is 1. The van der Waals surface area contributed by atoms with Crippen molar-refractivity contribution < 1.29 is 9.59 Å². The molecule has 6 rings (SSSR count). The van der Waals surface area contributed by atoms with Gasteiger partial charge in [0.1, 0.15) is 5.82 Å². The highest BCUT2D eigenvalue weighted by atomic mass is 16.2. The molecule has 1 aromatic heterocycles. The lowest BCUT2D eigenvalue weighted by Crippen LogP contribution is -2.61. The fraction of sp³-hybridized carbons (Fsp3) is 0.538. The van der Waals surface area contributed by atoms with Crippen molar-refractivity contribution >= 4 is 17.6 Å². The van der Waals surface area contributed by atoms with Crippen LogP contribution in [0, 0.1) is 17.8 Å². The van der Waals surface area contributed by atoms with Crippen LogP contribution in [-0.4, -0.2) is 34.0 Å². The Kier molecular flexibility index (Phi) is 6.15. The van der Waals surface area contributed by atoms with E-state index in [1.165, 1.54) is 25.3 Å². The van der Waals surface area contributed by atoms with E-state index in [4.69, 9.17) is 0 Å². The number of carbonyl (C=O) groups excluding carboxylic acids is 2. The van der Waals surface area contributed by atoms with Gasteiger partial charge in [-0.2, -0.15) is 0 Å². The predicted molar refractivity (Wildman–Crippen MR) is 130 cm³/mol. The zero-order valence-electron chi connectivity index (χ0n) is 19.7. The van der Waals surface area contributed by atoms with E-state index in [0.29, 0.717) is 23.6 Å². The maximum absolute atomic E-state index is 12.6. The predicted octanol–water partition coefficient (Wildman–Crippen LogP) is 3.60. The van der Waals surface area contributed by atoms with E-state index < -0.39 is 0 Å². The third kappa shape index (κ3) is 5.00. The molecule has 1 heterocycles. The summed E-state index contributed by atoms with van der Waals surface area (Å²) >= 11 is 0. The molecule has 0 radical (unpaired) electrons. The summed E-state index contributed by atoms with van der Waals surface area (Å²) in [5.74, 6) is 2.60. The molecule has 0 unspecified atom stereocenters. The Hall–Kier alpha value is -3.16. The van der Waals surface area contributed by atoms with Crippen LogP contribution in [0.5, 0.6) is 0 Å². The van der Waals surface area contributed by atoms with Gasteiger partial charge in [-0.3, -0.25) is 9.59 Å². The highest BCUT2D eigenvalue weighted by molar-refractivity contribution is 5.91. The van der Waals surface area contributed by atoms with Crippen molar-refractivity contribution in [2.75, 3.05) is 11.9 Å². The van der Waals surface area contributed by atoms with E-state index in [1.54, 1.807) is 18.2 Å². The largest absolute Gasteiger partial charge is 0.338 e. The van der Waals surface area contributed by atoms with Crippen molar-refractivity contribution in [2.45, 2.75) is 63.8 Å². The number of aromatic amines is 1. The number of carbonyl (C=O) groups is 2. The van der Waals surface area contributed by atoms with E-state index in [9.17, 15) is 14.4 Å². The molecule has 2 aromatic rings. The van der Waals surface area contributed by atoms with Crippen LogP contribution in [-0.2, 0) is 11.2 Å². The van der Waals surface area contributed by atoms with Gasteiger partial charge in [0.2, 0.25) is 5.91 Å². The van der Waals surface area contributed by atoms with Crippen LogP contribution < -0.4 is 21.5 Å². The fourth-order valence-corrected chi connectivity index (χ4v) is 6.63. The Morgan fingerprint density at radius 2 is 1.79 bits per heavy atom. The first-order chi connectivity index (χ1) is 16.4. The van der Waals surface area contributed by atoms with Crippen LogP contribution in [0.4, 0.5) is 10.5 Å². The molecule has 0 atom stereocenters. The lowest BCUT2D eigenvalue weighted by atomic mass is 9.53. The van der Waals surface area contributed by atoms with E-state index >= 15 is 0 Å². The normalized spacial score (nSPS) is 26.8. The first-order valence-electron chi connectivity index (χ1n) is 12.5. The maximum atomic E-state index is 12.6. The highest BCUT2D eigenvalue weighted by Crippen LogP contribution is 2.55. The number of hydrogen-bond acceptors (Lipinski definition) is 4. The molecule has 4 fully saturated rings. The third-order valence-electron chi connectivity index (χ3n) is 7.63. The summed E-state index contributed by atoms with van der Waals surface area (Å²) < 4.78 is 0. The van der Waals surface area contributed by atoms with Crippen LogP contribution in [0.15, 0.2) is 35.1 Å². The number of nitrogens with one attached hydrogen (secondary N) is 4. The quantitative estimate of drug-likeness (QED) is 0.502. The Balaban J connectivity index is 1.12. The van der Waals surface area contributed by atoms with Gasteiger partial charge in [-0.05, 0) is 74.8 Å². The number of aryl methyl sites for hydroxylation is 1. The molecule has 4 N–H and O–H groups in total. The second-order valence-electron chi connectivity index (χ2n) is 10.4. The molecule has 4 bridgehead atoms. The van der Waals surface area contributed by atoms with Crippen molar-refractivity contribution in [3.63, 3.8) is 0 Å². The molecule has 3 amide bonds. The standard InChI is InChI=1S/C26H33N5O3/c1-2-20-12-23(33)30-24(29-20)19-4-3-5-21(11-19)28-22(32)6-7-27-25(34)31-26-13-16-8-17(14-26)10-18(9-16)15-26/h3-5,11-12,16-18H,2,6-10,13-15H2,1H3,(H,28,32)(H2,27,31,34)(H,29,30,33). The topological polar surface area (TPSA) is 116 Å². The van der Waals surface area contributed by atoms with Gasteiger partial charge in [-0.1, -0.05) is 19.1 Å². The van der Waals surface area contributed by atoms with Crippen molar-refractivity contribution in [3.05, 3.63) is 46.4 Å². The molecule has 34 heavy (non-hydrogen) atoms. The molecule has 1 aromatic carbocycles. The molecule has 0 aliphatic heterocycles. The summed E-state index contributed by atoms with van der Waals surface area (Å²) in [4.78, 5) is 44.1. The average molecular weight is 464 g/mol. The maximum Gasteiger partial charge on any atom is 0.315 e. The minimum absolute atomic E-state index is 0.0361. The fourth-order valence-electron chi connectivity index (χ4n) is 6.63. The number of nitrogens with zero attached hydrogens (tertiary/aromatic N) is 1. The van der Waals surface area contributed by atoms with E-state index in [2.05, 4.69) is 25.9 Å². The molecular weight excluding hydrogens is 430 g/mol. The molecule has 0 saturated heterocycles. The second kappa shape index (κ2) is 9.24. The summed E-state index contributed by atoms with van der Waals surface area (Å²) in [5.41, 5.74) is 1.81. The number of amides is 3. The van der Waals surface area contributed by atoms with Crippen molar-refractivity contribution in [2.24, 2.45) is 17.8 Å². The van der Waals surface area contributed by atoms with Crippen LogP contribution in [0.2, 0.25) is 0 Å². The number of anilines is 1. The van der Waals surface area contributed by atoms with Gasteiger partial charge < -0.3 is 20.9 Å². The first-order valence-corrected chi connectivity index (χ1v) is 12.5. The average Bonchev–Trinajstić information content (AvgIpc) is 2.77. The van der Waals surface area contributed by atoms with Crippen LogP contribution in [0.25, 0.3) is 11.4 Å². The molecule has 4 saturated carbocycles. The van der Waals surface area contributed by atoms with Gasteiger partial charge in [-0.25, -0.2) is 9.78 Å². The van der Waals surface area contributed by atoms with Crippen LogP contribution in [0.3, 0.4) is 0 Å². The lowest BCUT2D eigenvalue weighted by molar-refractivity contribution is -0.116. The van der Waals surface area contributed by atoms with Gasteiger partial charge in [0, 0.05) is 41.5 Å². The SMILES string of the molecule is CCc1cc(=O)[nH]c(-c2cccc(NC(=O)CCNC(=O)NC34CC5CC(CC(C5)C3)C4)c2)n1. The minimum Gasteiger partial charge on any atom is -0.338 e.